The van der Waals surface area contributed by atoms with E-state index >= 15 is 0 Å². The summed E-state index contributed by atoms with van der Waals surface area (Å²) in [4.78, 5) is 16.7. The van der Waals surface area contributed by atoms with Crippen LogP contribution in [0, 0.1) is 6.92 Å². The van der Waals surface area contributed by atoms with Crippen LogP contribution in [0.1, 0.15) is 35.3 Å². The van der Waals surface area contributed by atoms with Gasteiger partial charge in [0.2, 0.25) is 5.84 Å². The van der Waals surface area contributed by atoms with Gasteiger partial charge in [-0.25, -0.2) is 9.80 Å². The highest BCUT2D eigenvalue weighted by molar-refractivity contribution is 7.99. The van der Waals surface area contributed by atoms with Crippen molar-refractivity contribution in [3.05, 3.63) is 125 Å². The third kappa shape index (κ3) is 4.48. The molecule has 0 saturated carbocycles. The molecule has 5 nitrogen and oxygen atoms in total. The van der Waals surface area contributed by atoms with Crippen molar-refractivity contribution in [3.8, 4) is 0 Å². The van der Waals surface area contributed by atoms with Gasteiger partial charge in [-0.15, -0.1) is 16.9 Å². The van der Waals surface area contributed by atoms with E-state index in [0.29, 0.717) is 11.4 Å². The molecular formula is C32H28ClN3O2S. The molecule has 0 spiro atoms. The Morgan fingerprint density at radius 1 is 0.974 bits per heavy atom. The number of hydrazone groups is 1. The first-order valence-electron chi connectivity index (χ1n) is 13.0. The molecule has 2 aliphatic rings. The van der Waals surface area contributed by atoms with Crippen LogP contribution in [0.4, 0.5) is 11.4 Å². The van der Waals surface area contributed by atoms with Crippen molar-refractivity contribution in [1.82, 2.24) is 0 Å². The quantitative estimate of drug-likeness (QED) is 0.235. The second kappa shape index (κ2) is 10.4. The van der Waals surface area contributed by atoms with Gasteiger partial charge in [-0.05, 0) is 55.8 Å². The Kier molecular flexibility index (Phi) is 6.83. The number of halogens is 1. The number of carbonyl (C=O) groups is 1. The van der Waals surface area contributed by atoms with E-state index in [1.165, 1.54) is 0 Å². The number of fused-ring (bicyclic) bond motifs is 3. The summed E-state index contributed by atoms with van der Waals surface area (Å²) in [5, 5.41) is 7.81. The molecule has 2 heterocycles. The fourth-order valence-electron chi connectivity index (χ4n) is 5.40. The van der Waals surface area contributed by atoms with Crippen LogP contribution < -0.4 is 9.91 Å². The second-order valence-electron chi connectivity index (χ2n) is 9.64. The van der Waals surface area contributed by atoms with Gasteiger partial charge < -0.3 is 4.74 Å². The Hall–Kier alpha value is -3.74. The van der Waals surface area contributed by atoms with Gasteiger partial charge >= 0.3 is 5.97 Å². The average Bonchev–Trinajstić information content (AvgIpc) is 3.21. The van der Waals surface area contributed by atoms with Crippen LogP contribution >= 0.6 is 23.4 Å². The average molecular weight is 554 g/mol. The molecule has 0 aromatic heterocycles. The smallest absolute Gasteiger partial charge is 0.376 e. The number of esters is 1. The SMILES string of the molecule is CCOC(=O)C1=NN(c2ccc(C)cc2)C2(c3ccccc3)CC(c3ccc(Cl)cc3)Sc3ccccc3N12. The molecule has 0 bridgehead atoms. The van der Waals surface area contributed by atoms with Gasteiger partial charge in [-0.1, -0.05) is 83.9 Å². The standard InChI is InChI=1S/C32H28ClN3O2S/c1-3-38-31(37)30-34-36(26-19-13-22(2)14-20-26)32(24-9-5-4-6-10-24)21-29(23-15-17-25(33)18-16-23)39-28-12-8-7-11-27(28)35(30)32/h4-20,29H,3,21H2,1-2H3. The number of benzene rings is 4. The Balaban J connectivity index is 1.66. The Morgan fingerprint density at radius 2 is 1.67 bits per heavy atom. The molecule has 2 unspecified atom stereocenters. The maximum Gasteiger partial charge on any atom is 0.376 e. The van der Waals surface area contributed by atoms with E-state index in [9.17, 15) is 4.79 Å². The summed E-state index contributed by atoms with van der Waals surface area (Å²) >= 11 is 8.08. The summed E-state index contributed by atoms with van der Waals surface area (Å²) < 4.78 is 5.58. The fraction of sp³-hybridized carbons (Fsp3) is 0.188. The largest absolute Gasteiger partial charge is 0.460 e. The third-order valence-electron chi connectivity index (χ3n) is 7.19. The van der Waals surface area contributed by atoms with Gasteiger partial charge in [0.25, 0.3) is 0 Å². The predicted octanol–water partition coefficient (Wildman–Crippen LogP) is 7.94. The minimum absolute atomic E-state index is 0.0401. The first-order chi connectivity index (χ1) is 19.0. The fourth-order valence-corrected chi connectivity index (χ4v) is 6.88. The molecule has 7 heteroatoms. The van der Waals surface area contributed by atoms with E-state index < -0.39 is 11.6 Å². The Labute approximate surface area is 238 Å². The Bertz CT molecular complexity index is 1530. The molecule has 0 aliphatic carbocycles. The molecule has 0 radical (unpaired) electrons. The van der Waals surface area contributed by atoms with Crippen molar-refractivity contribution in [3.63, 3.8) is 0 Å². The van der Waals surface area contributed by atoms with E-state index in [0.717, 1.165) is 33.0 Å². The van der Waals surface area contributed by atoms with Crippen LogP contribution in [0.25, 0.3) is 0 Å². The summed E-state index contributed by atoms with van der Waals surface area (Å²) in [5.74, 6) is -0.178. The number of anilines is 2. The summed E-state index contributed by atoms with van der Waals surface area (Å²) in [6, 6.07) is 34.9. The maximum atomic E-state index is 13.6. The van der Waals surface area contributed by atoms with Crippen molar-refractivity contribution in [1.29, 1.82) is 0 Å². The lowest BCUT2D eigenvalue weighted by molar-refractivity contribution is -0.135. The Morgan fingerprint density at radius 3 is 2.38 bits per heavy atom. The topological polar surface area (TPSA) is 45.1 Å². The number of para-hydroxylation sites is 1. The van der Waals surface area contributed by atoms with E-state index in [2.05, 4.69) is 72.5 Å². The van der Waals surface area contributed by atoms with Gasteiger partial charge in [0.15, 0.2) is 5.66 Å². The summed E-state index contributed by atoms with van der Waals surface area (Å²) in [6.07, 6.45) is 0.637. The molecule has 0 N–H and O–H groups in total. The van der Waals surface area contributed by atoms with Gasteiger partial charge in [-0.3, -0.25) is 4.90 Å². The van der Waals surface area contributed by atoms with Crippen molar-refractivity contribution in [2.75, 3.05) is 16.5 Å². The van der Waals surface area contributed by atoms with E-state index in [1.54, 1.807) is 11.8 Å². The highest BCUT2D eigenvalue weighted by atomic mass is 35.5. The van der Waals surface area contributed by atoms with Crippen LogP contribution in [-0.4, -0.2) is 18.4 Å². The molecule has 39 heavy (non-hydrogen) atoms. The van der Waals surface area contributed by atoms with E-state index in [-0.39, 0.29) is 17.7 Å². The summed E-state index contributed by atoms with van der Waals surface area (Å²) in [7, 11) is 0. The van der Waals surface area contributed by atoms with E-state index in [1.807, 2.05) is 54.4 Å². The lowest BCUT2D eigenvalue weighted by Crippen LogP contribution is -2.55. The molecule has 4 aromatic carbocycles. The number of thioether (sulfide) groups is 1. The third-order valence-corrected chi connectivity index (χ3v) is 8.76. The number of hydrogen-bond donors (Lipinski definition) is 0. The van der Waals surface area contributed by atoms with Crippen molar-refractivity contribution in [2.24, 2.45) is 5.10 Å². The molecule has 2 aliphatic heterocycles. The molecule has 2 atom stereocenters. The highest BCUT2D eigenvalue weighted by Gasteiger charge is 2.56. The van der Waals surface area contributed by atoms with Crippen molar-refractivity contribution in [2.45, 2.75) is 36.1 Å². The number of carbonyl (C=O) groups excluding carboxylic acids is 1. The van der Waals surface area contributed by atoms with Crippen molar-refractivity contribution < 1.29 is 9.53 Å². The molecule has 6 rings (SSSR count). The van der Waals surface area contributed by atoms with Gasteiger partial charge in [0, 0.05) is 27.2 Å². The monoisotopic (exact) mass is 553 g/mol. The minimum Gasteiger partial charge on any atom is -0.460 e. The lowest BCUT2D eigenvalue weighted by atomic mass is 9.88. The molecule has 0 fully saturated rings. The first-order valence-corrected chi connectivity index (χ1v) is 14.3. The van der Waals surface area contributed by atoms with Crippen LogP contribution in [0.3, 0.4) is 0 Å². The number of amidine groups is 1. The number of aryl methyl sites for hydroxylation is 1. The molecule has 0 amide bonds. The number of ether oxygens (including phenoxy) is 1. The second-order valence-corrected chi connectivity index (χ2v) is 11.3. The van der Waals surface area contributed by atoms with Gasteiger partial charge in [0.1, 0.15) is 0 Å². The number of rotatable bonds is 5. The summed E-state index contributed by atoms with van der Waals surface area (Å²) in [5.41, 5.74) is 4.31. The number of nitrogens with zero attached hydrogens (tertiary/aromatic N) is 3. The predicted molar refractivity (Wildman–Crippen MR) is 159 cm³/mol. The highest BCUT2D eigenvalue weighted by Crippen LogP contribution is 2.57. The maximum absolute atomic E-state index is 13.6. The molecule has 0 saturated heterocycles. The zero-order valence-electron chi connectivity index (χ0n) is 21.8. The minimum atomic E-state index is -0.845. The lowest BCUT2D eigenvalue weighted by Gasteiger charge is -2.45. The summed E-state index contributed by atoms with van der Waals surface area (Å²) in [6.45, 7) is 4.15. The van der Waals surface area contributed by atoms with Crippen molar-refractivity contribution >= 4 is 46.5 Å². The molecular weight excluding hydrogens is 526 g/mol. The molecule has 196 valence electrons. The molecule has 4 aromatic rings. The van der Waals surface area contributed by atoms with E-state index in [4.69, 9.17) is 21.4 Å². The van der Waals surface area contributed by atoms with Gasteiger partial charge in [-0.2, -0.15) is 0 Å². The zero-order valence-corrected chi connectivity index (χ0v) is 23.3. The van der Waals surface area contributed by atoms with Crippen LogP contribution in [0.2, 0.25) is 5.02 Å². The van der Waals surface area contributed by atoms with Gasteiger partial charge in [0.05, 0.1) is 18.0 Å². The van der Waals surface area contributed by atoms with Crippen LogP contribution in [0.15, 0.2) is 113 Å². The van der Waals surface area contributed by atoms with Crippen LogP contribution in [0.5, 0.6) is 0 Å². The number of hydrogen-bond acceptors (Lipinski definition) is 6. The zero-order chi connectivity index (χ0) is 27.0. The first kappa shape index (κ1) is 25.5. The van der Waals surface area contributed by atoms with Crippen LogP contribution in [-0.2, 0) is 15.2 Å². The normalized spacial score (nSPS) is 20.1.